The number of aromatic carboxylic acids is 1. The maximum atomic E-state index is 10.8. The zero-order valence-electron chi connectivity index (χ0n) is 11.9. The van der Waals surface area contributed by atoms with Crippen molar-refractivity contribution in [3.05, 3.63) is 17.5 Å². The molecule has 0 spiro atoms. The molecule has 1 aromatic heterocycles. The van der Waals surface area contributed by atoms with Crippen molar-refractivity contribution in [1.82, 2.24) is 10.2 Å². The Kier molecular flexibility index (Phi) is 4.02. The lowest BCUT2D eigenvalue weighted by Crippen LogP contribution is -2.41. The Balaban J connectivity index is 2.82. The Morgan fingerprint density at radius 3 is 2.44 bits per heavy atom. The zero-order valence-corrected chi connectivity index (χ0v) is 12.9. The number of nitrogens with zero attached hydrogens (tertiary/aromatic N) is 1. The second kappa shape index (κ2) is 4.85. The van der Waals surface area contributed by atoms with E-state index in [-0.39, 0.29) is 16.8 Å². The van der Waals surface area contributed by atoms with E-state index in [4.69, 9.17) is 9.53 Å². The van der Waals surface area contributed by atoms with Gasteiger partial charge in [-0.25, -0.2) is 4.79 Å². The van der Waals surface area contributed by atoms with Crippen LogP contribution in [0.3, 0.4) is 0 Å². The molecule has 0 bridgehead atoms. The zero-order chi connectivity index (χ0) is 14.1. The minimum absolute atomic E-state index is 0.0238. The number of aromatic amines is 1. The molecule has 0 aliphatic heterocycles. The third kappa shape index (κ3) is 3.20. The molecular weight excluding hydrogens is 248 g/mol. The standard InChI is InChI=1S/C12H22N2O3Si/c1-8(17-18(5,6)12(2,3)4)9-7-10(11(15)16)14-13-9/h7-8H,1-6H3,(H,13,14)(H,15,16)/t8-/m0/s1. The average Bonchev–Trinajstić information content (AvgIpc) is 2.63. The summed E-state index contributed by atoms with van der Waals surface area (Å²) in [5, 5.41) is 15.4. The van der Waals surface area contributed by atoms with E-state index in [2.05, 4.69) is 44.1 Å². The van der Waals surface area contributed by atoms with Gasteiger partial charge in [-0.05, 0) is 31.1 Å². The van der Waals surface area contributed by atoms with Crippen LogP contribution in [0.2, 0.25) is 18.1 Å². The van der Waals surface area contributed by atoms with Gasteiger partial charge in [0.15, 0.2) is 14.0 Å². The summed E-state index contributed by atoms with van der Waals surface area (Å²) in [6, 6.07) is 1.53. The van der Waals surface area contributed by atoms with Crippen molar-refractivity contribution in [1.29, 1.82) is 0 Å². The molecule has 0 saturated carbocycles. The van der Waals surface area contributed by atoms with Crippen LogP contribution in [0.4, 0.5) is 0 Å². The van der Waals surface area contributed by atoms with Crippen LogP contribution >= 0.6 is 0 Å². The number of rotatable bonds is 4. The Morgan fingerprint density at radius 2 is 2.06 bits per heavy atom. The molecule has 1 rings (SSSR count). The van der Waals surface area contributed by atoms with Gasteiger partial charge in [0.05, 0.1) is 11.8 Å². The lowest BCUT2D eigenvalue weighted by Gasteiger charge is -2.38. The molecule has 0 aromatic carbocycles. The Morgan fingerprint density at radius 1 is 1.50 bits per heavy atom. The number of hydrogen-bond acceptors (Lipinski definition) is 3. The highest BCUT2D eigenvalue weighted by Crippen LogP contribution is 2.39. The fourth-order valence-electron chi connectivity index (χ4n) is 1.34. The summed E-state index contributed by atoms with van der Waals surface area (Å²) in [5.41, 5.74) is 0.730. The molecule has 0 aliphatic rings. The van der Waals surface area contributed by atoms with Crippen LogP contribution < -0.4 is 0 Å². The smallest absolute Gasteiger partial charge is 0.356 e. The van der Waals surface area contributed by atoms with Crippen LogP contribution in [0.25, 0.3) is 0 Å². The highest BCUT2D eigenvalue weighted by molar-refractivity contribution is 6.74. The highest BCUT2D eigenvalue weighted by atomic mass is 28.4. The van der Waals surface area contributed by atoms with Crippen molar-refractivity contribution in [2.75, 3.05) is 0 Å². The molecule has 0 saturated heterocycles. The predicted octanol–water partition coefficient (Wildman–Crippen LogP) is 3.19. The summed E-state index contributed by atoms with van der Waals surface area (Å²) >= 11 is 0. The van der Waals surface area contributed by atoms with Crippen LogP contribution in [0.5, 0.6) is 0 Å². The molecule has 18 heavy (non-hydrogen) atoms. The van der Waals surface area contributed by atoms with Gasteiger partial charge in [-0.2, -0.15) is 5.10 Å². The van der Waals surface area contributed by atoms with E-state index in [0.29, 0.717) is 5.69 Å². The number of carboxylic acid groups (broad SMARTS) is 1. The molecule has 0 amide bonds. The van der Waals surface area contributed by atoms with Gasteiger partial charge >= 0.3 is 5.97 Å². The molecule has 5 nitrogen and oxygen atoms in total. The number of aromatic nitrogens is 2. The summed E-state index contributed by atoms with van der Waals surface area (Å²) in [6.45, 7) is 12.8. The molecule has 1 atom stereocenters. The summed E-state index contributed by atoms with van der Waals surface area (Å²) < 4.78 is 6.16. The maximum absolute atomic E-state index is 10.8. The van der Waals surface area contributed by atoms with Crippen molar-refractivity contribution >= 4 is 14.3 Å². The minimum Gasteiger partial charge on any atom is -0.476 e. The van der Waals surface area contributed by atoms with Gasteiger partial charge in [-0.1, -0.05) is 20.8 Å². The quantitative estimate of drug-likeness (QED) is 0.824. The van der Waals surface area contributed by atoms with Crippen LogP contribution in [0, 0.1) is 0 Å². The minimum atomic E-state index is -1.86. The van der Waals surface area contributed by atoms with E-state index in [0.717, 1.165) is 0 Å². The highest BCUT2D eigenvalue weighted by Gasteiger charge is 2.38. The number of carboxylic acids is 1. The molecule has 1 aromatic rings. The largest absolute Gasteiger partial charge is 0.476 e. The van der Waals surface area contributed by atoms with Crippen molar-refractivity contribution < 1.29 is 14.3 Å². The van der Waals surface area contributed by atoms with Crippen LogP contribution in [0.1, 0.15) is 50.0 Å². The van der Waals surface area contributed by atoms with Crippen LogP contribution in [-0.2, 0) is 4.43 Å². The molecule has 102 valence electrons. The Hall–Kier alpha value is -1.14. The van der Waals surface area contributed by atoms with Crippen molar-refractivity contribution in [3.63, 3.8) is 0 Å². The van der Waals surface area contributed by atoms with Crippen LogP contribution in [-0.4, -0.2) is 29.6 Å². The molecule has 2 N–H and O–H groups in total. The molecule has 0 aliphatic carbocycles. The number of carbonyl (C=O) groups is 1. The first-order valence-corrected chi connectivity index (χ1v) is 8.92. The van der Waals surface area contributed by atoms with Crippen molar-refractivity contribution in [2.24, 2.45) is 0 Å². The fraction of sp³-hybridized carbons (Fsp3) is 0.667. The Bertz CT molecular complexity index is 435. The Labute approximate surface area is 109 Å². The van der Waals surface area contributed by atoms with E-state index in [9.17, 15) is 4.79 Å². The molecular formula is C12H22N2O3Si. The van der Waals surface area contributed by atoms with Gasteiger partial charge in [0.2, 0.25) is 0 Å². The molecule has 1 heterocycles. The van der Waals surface area contributed by atoms with E-state index in [1.807, 2.05) is 6.92 Å². The van der Waals surface area contributed by atoms with E-state index >= 15 is 0 Å². The third-order valence-corrected chi connectivity index (χ3v) is 8.09. The van der Waals surface area contributed by atoms with Crippen molar-refractivity contribution in [3.8, 4) is 0 Å². The van der Waals surface area contributed by atoms with Gasteiger partial charge < -0.3 is 9.53 Å². The number of nitrogens with one attached hydrogen (secondary N) is 1. The molecule has 0 unspecified atom stereocenters. The van der Waals surface area contributed by atoms with Crippen molar-refractivity contribution in [2.45, 2.75) is 51.9 Å². The lowest BCUT2D eigenvalue weighted by atomic mass is 10.2. The summed E-state index contributed by atoms with van der Waals surface area (Å²) in [4.78, 5) is 10.8. The predicted molar refractivity (Wildman–Crippen MR) is 72.2 cm³/mol. The fourth-order valence-corrected chi connectivity index (χ4v) is 2.70. The normalized spacial score (nSPS) is 14.6. The SMILES string of the molecule is C[C@H](O[Si](C)(C)C(C)(C)C)c1cc(C(=O)O)n[nH]1. The second-order valence-corrected chi connectivity index (χ2v) is 10.8. The molecule has 0 radical (unpaired) electrons. The van der Waals surface area contributed by atoms with Gasteiger partial charge in [0.1, 0.15) is 0 Å². The summed E-state index contributed by atoms with van der Waals surface area (Å²) in [6.07, 6.45) is -0.175. The van der Waals surface area contributed by atoms with Crippen LogP contribution in [0.15, 0.2) is 6.07 Å². The first kappa shape index (κ1) is 14.9. The number of hydrogen-bond donors (Lipinski definition) is 2. The van der Waals surface area contributed by atoms with E-state index in [1.54, 1.807) is 0 Å². The topological polar surface area (TPSA) is 75.2 Å². The van der Waals surface area contributed by atoms with Gasteiger partial charge in [-0.3, -0.25) is 5.10 Å². The van der Waals surface area contributed by atoms with E-state index in [1.165, 1.54) is 6.07 Å². The lowest BCUT2D eigenvalue weighted by molar-refractivity contribution is 0.0690. The first-order valence-electron chi connectivity index (χ1n) is 6.01. The monoisotopic (exact) mass is 270 g/mol. The van der Waals surface area contributed by atoms with E-state index < -0.39 is 14.3 Å². The summed E-state index contributed by atoms with van der Waals surface area (Å²) in [7, 11) is -1.86. The summed E-state index contributed by atoms with van der Waals surface area (Å²) in [5.74, 6) is -1.03. The second-order valence-electron chi connectivity index (χ2n) is 6.03. The van der Waals surface area contributed by atoms with Gasteiger partial charge in [0.25, 0.3) is 0 Å². The molecule has 0 fully saturated rings. The average molecular weight is 270 g/mol. The molecule has 6 heteroatoms. The maximum Gasteiger partial charge on any atom is 0.356 e. The first-order chi connectivity index (χ1) is 8.04. The third-order valence-electron chi connectivity index (χ3n) is 3.53. The van der Waals surface area contributed by atoms with Gasteiger partial charge in [0, 0.05) is 0 Å². The van der Waals surface area contributed by atoms with Gasteiger partial charge in [-0.15, -0.1) is 0 Å². The number of H-pyrrole nitrogens is 1.